The van der Waals surface area contributed by atoms with Crippen molar-refractivity contribution in [2.45, 2.75) is 40.0 Å². The van der Waals surface area contributed by atoms with Gasteiger partial charge in [-0.15, -0.1) is 0 Å². The molecule has 0 saturated carbocycles. The van der Waals surface area contributed by atoms with Gasteiger partial charge in [-0.2, -0.15) is 0 Å². The Morgan fingerprint density at radius 1 is 1.31 bits per heavy atom. The standard InChI is InChI=1S/C13H21BrN2/c1-10(2)6-4-5-9-15-13-8-7-12(14)11(3)16-13/h7-8,10H,4-6,9H2,1-3H3,(H,15,16). The Labute approximate surface area is 107 Å². The van der Waals surface area contributed by atoms with Gasteiger partial charge >= 0.3 is 0 Å². The number of nitrogens with zero attached hydrogens (tertiary/aromatic N) is 1. The maximum atomic E-state index is 4.45. The molecule has 0 aliphatic rings. The van der Waals surface area contributed by atoms with Crippen LogP contribution >= 0.6 is 15.9 Å². The van der Waals surface area contributed by atoms with Crippen molar-refractivity contribution in [2.24, 2.45) is 5.92 Å². The van der Waals surface area contributed by atoms with Crippen molar-refractivity contribution in [3.63, 3.8) is 0 Å². The summed E-state index contributed by atoms with van der Waals surface area (Å²) in [5.74, 6) is 1.79. The summed E-state index contributed by atoms with van der Waals surface area (Å²) < 4.78 is 1.07. The lowest BCUT2D eigenvalue weighted by Gasteiger charge is -2.08. The fourth-order valence-electron chi connectivity index (χ4n) is 1.54. The lowest BCUT2D eigenvalue weighted by molar-refractivity contribution is 0.544. The first-order valence-electron chi connectivity index (χ1n) is 5.96. The molecule has 0 amide bonds. The first-order valence-corrected chi connectivity index (χ1v) is 6.76. The van der Waals surface area contributed by atoms with E-state index >= 15 is 0 Å². The van der Waals surface area contributed by atoms with Crippen LogP contribution in [-0.4, -0.2) is 11.5 Å². The van der Waals surface area contributed by atoms with Crippen LogP contribution in [0.5, 0.6) is 0 Å². The monoisotopic (exact) mass is 284 g/mol. The molecule has 3 heteroatoms. The van der Waals surface area contributed by atoms with Gasteiger partial charge in [0.15, 0.2) is 0 Å². The van der Waals surface area contributed by atoms with Gasteiger partial charge in [0.1, 0.15) is 5.82 Å². The topological polar surface area (TPSA) is 24.9 Å². The SMILES string of the molecule is Cc1nc(NCCCCC(C)C)ccc1Br. The number of anilines is 1. The summed E-state index contributed by atoms with van der Waals surface area (Å²) in [5.41, 5.74) is 1.03. The maximum absolute atomic E-state index is 4.45. The zero-order chi connectivity index (χ0) is 12.0. The second-order valence-electron chi connectivity index (χ2n) is 4.58. The van der Waals surface area contributed by atoms with Crippen molar-refractivity contribution < 1.29 is 0 Å². The molecular weight excluding hydrogens is 264 g/mol. The third kappa shape index (κ3) is 4.97. The molecule has 1 N–H and O–H groups in total. The van der Waals surface area contributed by atoms with Crippen LogP contribution in [0.3, 0.4) is 0 Å². The van der Waals surface area contributed by atoms with Crippen molar-refractivity contribution in [1.29, 1.82) is 0 Å². The number of pyridine rings is 1. The molecule has 0 fully saturated rings. The molecule has 0 saturated heterocycles. The number of aromatic nitrogens is 1. The van der Waals surface area contributed by atoms with E-state index in [2.05, 4.69) is 40.1 Å². The molecule has 1 heterocycles. The molecule has 16 heavy (non-hydrogen) atoms. The van der Waals surface area contributed by atoms with Crippen molar-refractivity contribution >= 4 is 21.7 Å². The molecule has 0 spiro atoms. The molecule has 90 valence electrons. The highest BCUT2D eigenvalue weighted by molar-refractivity contribution is 9.10. The highest BCUT2D eigenvalue weighted by atomic mass is 79.9. The smallest absolute Gasteiger partial charge is 0.126 e. The summed E-state index contributed by atoms with van der Waals surface area (Å²) in [6.07, 6.45) is 3.82. The predicted molar refractivity (Wildman–Crippen MR) is 73.9 cm³/mol. The van der Waals surface area contributed by atoms with E-state index in [4.69, 9.17) is 0 Å². The van der Waals surface area contributed by atoms with E-state index in [1.165, 1.54) is 19.3 Å². The Hall–Kier alpha value is -0.570. The van der Waals surface area contributed by atoms with Gasteiger partial charge in [-0.25, -0.2) is 4.98 Å². The van der Waals surface area contributed by atoms with Gasteiger partial charge in [0, 0.05) is 11.0 Å². The fourth-order valence-corrected chi connectivity index (χ4v) is 1.76. The summed E-state index contributed by atoms with van der Waals surface area (Å²) in [6.45, 7) is 7.56. The van der Waals surface area contributed by atoms with Gasteiger partial charge in [-0.05, 0) is 47.3 Å². The first kappa shape index (κ1) is 13.5. The molecule has 0 unspecified atom stereocenters. The van der Waals surface area contributed by atoms with E-state index in [1.54, 1.807) is 0 Å². The summed E-state index contributed by atoms with van der Waals surface area (Å²) in [5, 5.41) is 3.35. The average molecular weight is 285 g/mol. The van der Waals surface area contributed by atoms with Crippen LogP contribution in [0.15, 0.2) is 16.6 Å². The zero-order valence-electron chi connectivity index (χ0n) is 10.4. The molecule has 0 aliphatic carbocycles. The van der Waals surface area contributed by atoms with Crippen molar-refractivity contribution in [3.05, 3.63) is 22.3 Å². The van der Waals surface area contributed by atoms with Crippen molar-refractivity contribution in [3.8, 4) is 0 Å². The Morgan fingerprint density at radius 2 is 2.06 bits per heavy atom. The number of hydrogen-bond acceptors (Lipinski definition) is 2. The minimum Gasteiger partial charge on any atom is -0.370 e. The molecule has 0 bridgehead atoms. The van der Waals surface area contributed by atoms with E-state index in [-0.39, 0.29) is 0 Å². The minimum absolute atomic E-state index is 0.813. The Balaban J connectivity index is 2.24. The Morgan fingerprint density at radius 3 is 2.69 bits per heavy atom. The van der Waals surface area contributed by atoms with E-state index in [0.29, 0.717) is 0 Å². The molecular formula is C13H21BrN2. The number of halogens is 1. The van der Waals surface area contributed by atoms with Crippen LogP contribution in [0.1, 0.15) is 38.8 Å². The van der Waals surface area contributed by atoms with Gasteiger partial charge < -0.3 is 5.32 Å². The maximum Gasteiger partial charge on any atom is 0.126 e. The average Bonchev–Trinajstić information content (AvgIpc) is 2.22. The van der Waals surface area contributed by atoms with Gasteiger partial charge in [0.25, 0.3) is 0 Å². The van der Waals surface area contributed by atoms with Gasteiger partial charge in [0.05, 0.1) is 5.69 Å². The largest absolute Gasteiger partial charge is 0.370 e. The van der Waals surface area contributed by atoms with Crippen LogP contribution in [0.2, 0.25) is 0 Å². The van der Waals surface area contributed by atoms with Crippen LogP contribution in [0.4, 0.5) is 5.82 Å². The molecule has 1 rings (SSSR count). The lowest BCUT2D eigenvalue weighted by atomic mass is 10.1. The van der Waals surface area contributed by atoms with E-state index in [1.807, 2.05) is 19.1 Å². The normalized spacial score (nSPS) is 10.8. The van der Waals surface area contributed by atoms with Crippen molar-refractivity contribution in [2.75, 3.05) is 11.9 Å². The Kier molecular flexibility index (Phi) is 5.81. The van der Waals surface area contributed by atoms with Crippen molar-refractivity contribution in [1.82, 2.24) is 4.98 Å². The summed E-state index contributed by atoms with van der Waals surface area (Å²) in [6, 6.07) is 4.05. The number of hydrogen-bond donors (Lipinski definition) is 1. The van der Waals surface area contributed by atoms with E-state index < -0.39 is 0 Å². The summed E-state index contributed by atoms with van der Waals surface area (Å²) in [4.78, 5) is 4.45. The highest BCUT2D eigenvalue weighted by Gasteiger charge is 1.98. The van der Waals surface area contributed by atoms with Gasteiger partial charge in [-0.1, -0.05) is 26.7 Å². The predicted octanol–water partition coefficient (Wildman–Crippen LogP) is 4.39. The molecule has 0 atom stereocenters. The molecule has 1 aromatic heterocycles. The molecule has 0 aliphatic heterocycles. The van der Waals surface area contributed by atoms with Gasteiger partial charge in [0.2, 0.25) is 0 Å². The quantitative estimate of drug-likeness (QED) is 0.784. The number of aryl methyl sites for hydroxylation is 1. The van der Waals surface area contributed by atoms with Crippen LogP contribution < -0.4 is 5.32 Å². The highest BCUT2D eigenvalue weighted by Crippen LogP contribution is 2.16. The Bertz CT molecular complexity index is 324. The van der Waals surface area contributed by atoms with Gasteiger partial charge in [-0.3, -0.25) is 0 Å². The fraction of sp³-hybridized carbons (Fsp3) is 0.615. The lowest BCUT2D eigenvalue weighted by Crippen LogP contribution is -2.04. The molecule has 0 radical (unpaired) electrons. The van der Waals surface area contributed by atoms with E-state index in [0.717, 1.165) is 28.4 Å². The summed E-state index contributed by atoms with van der Waals surface area (Å²) >= 11 is 3.45. The number of rotatable bonds is 6. The number of nitrogens with one attached hydrogen (secondary N) is 1. The third-order valence-corrected chi connectivity index (χ3v) is 3.37. The zero-order valence-corrected chi connectivity index (χ0v) is 12.0. The second-order valence-corrected chi connectivity index (χ2v) is 5.43. The van der Waals surface area contributed by atoms with E-state index in [9.17, 15) is 0 Å². The van der Waals surface area contributed by atoms with Crippen LogP contribution in [0, 0.1) is 12.8 Å². The first-order chi connectivity index (χ1) is 7.59. The molecule has 1 aromatic rings. The van der Waals surface area contributed by atoms with Crippen LogP contribution in [-0.2, 0) is 0 Å². The number of unbranched alkanes of at least 4 members (excludes halogenated alkanes) is 1. The molecule has 0 aromatic carbocycles. The second kappa shape index (κ2) is 6.89. The molecule has 2 nitrogen and oxygen atoms in total. The summed E-state index contributed by atoms with van der Waals surface area (Å²) in [7, 11) is 0. The van der Waals surface area contributed by atoms with Crippen LogP contribution in [0.25, 0.3) is 0 Å². The minimum atomic E-state index is 0.813. The third-order valence-electron chi connectivity index (χ3n) is 2.54.